The standard InChI is InChI=1S/C9H8NOS/c1-6-2-3-8-7(4-6)10-9(11)5-12-8/h2,4H,5H2,1H3,(H,10,11). The van der Waals surface area contributed by atoms with Crippen LogP contribution in [0.5, 0.6) is 0 Å². The predicted octanol–water partition coefficient (Wildman–Crippen LogP) is 1.84. The van der Waals surface area contributed by atoms with Gasteiger partial charge in [-0.25, -0.2) is 0 Å². The first-order valence-electron chi connectivity index (χ1n) is 3.71. The Hall–Kier alpha value is -0.960. The zero-order valence-corrected chi connectivity index (χ0v) is 7.49. The molecule has 0 atom stereocenters. The van der Waals surface area contributed by atoms with Crippen molar-refractivity contribution in [3.63, 3.8) is 0 Å². The van der Waals surface area contributed by atoms with Crippen molar-refractivity contribution in [1.29, 1.82) is 0 Å². The number of carbonyl (C=O) groups excluding carboxylic acids is 1. The van der Waals surface area contributed by atoms with Crippen molar-refractivity contribution in [3.05, 3.63) is 23.8 Å². The van der Waals surface area contributed by atoms with E-state index < -0.39 is 0 Å². The van der Waals surface area contributed by atoms with Crippen LogP contribution < -0.4 is 5.32 Å². The third-order valence-corrected chi connectivity index (χ3v) is 2.70. The molecule has 3 heteroatoms. The Morgan fingerprint density at radius 1 is 1.67 bits per heavy atom. The predicted molar refractivity (Wildman–Crippen MR) is 49.4 cm³/mol. The summed E-state index contributed by atoms with van der Waals surface area (Å²) in [4.78, 5) is 12.0. The van der Waals surface area contributed by atoms with Crippen LogP contribution in [0.3, 0.4) is 0 Å². The Morgan fingerprint density at radius 3 is 3.33 bits per heavy atom. The molecule has 0 saturated heterocycles. The zero-order chi connectivity index (χ0) is 8.55. The van der Waals surface area contributed by atoms with Crippen LogP contribution in [0, 0.1) is 13.0 Å². The number of thioether (sulfide) groups is 1. The number of benzene rings is 1. The lowest BCUT2D eigenvalue weighted by Gasteiger charge is -2.15. The van der Waals surface area contributed by atoms with Gasteiger partial charge in [0, 0.05) is 4.90 Å². The third kappa shape index (κ3) is 1.32. The van der Waals surface area contributed by atoms with E-state index in [1.165, 1.54) is 11.8 Å². The lowest BCUT2D eigenvalue weighted by Crippen LogP contribution is -2.18. The number of rotatable bonds is 0. The minimum Gasteiger partial charge on any atom is -0.324 e. The van der Waals surface area contributed by atoms with Crippen molar-refractivity contribution < 1.29 is 4.79 Å². The molecule has 0 aromatic heterocycles. The fourth-order valence-electron chi connectivity index (χ4n) is 1.13. The molecule has 0 aliphatic carbocycles. The number of fused-ring (bicyclic) bond motifs is 1. The molecule has 2 rings (SSSR count). The van der Waals surface area contributed by atoms with Gasteiger partial charge < -0.3 is 5.32 Å². The highest BCUT2D eigenvalue weighted by Crippen LogP contribution is 2.31. The molecule has 12 heavy (non-hydrogen) atoms. The van der Waals surface area contributed by atoms with Crippen LogP contribution in [-0.2, 0) is 4.79 Å². The average molecular weight is 178 g/mol. The van der Waals surface area contributed by atoms with Crippen LogP contribution in [0.2, 0.25) is 0 Å². The van der Waals surface area contributed by atoms with Crippen LogP contribution in [0.1, 0.15) is 5.56 Å². The summed E-state index contributed by atoms with van der Waals surface area (Å²) < 4.78 is 0. The van der Waals surface area contributed by atoms with Gasteiger partial charge in [-0.3, -0.25) is 4.79 Å². The van der Waals surface area contributed by atoms with E-state index in [0.717, 1.165) is 16.1 Å². The van der Waals surface area contributed by atoms with Gasteiger partial charge >= 0.3 is 0 Å². The highest BCUT2D eigenvalue weighted by molar-refractivity contribution is 8.00. The molecule has 0 spiro atoms. The maximum Gasteiger partial charge on any atom is 0.234 e. The molecule has 1 heterocycles. The normalized spacial score (nSPS) is 15.2. The summed E-state index contributed by atoms with van der Waals surface area (Å²) in [5, 5.41) is 2.81. The van der Waals surface area contributed by atoms with Crippen LogP contribution in [0.15, 0.2) is 17.0 Å². The molecule has 1 aliphatic heterocycles. The van der Waals surface area contributed by atoms with Gasteiger partial charge in [-0.2, -0.15) is 0 Å². The first kappa shape index (κ1) is 7.68. The van der Waals surface area contributed by atoms with Crippen LogP contribution in [-0.4, -0.2) is 11.7 Å². The number of nitrogens with one attached hydrogen (secondary N) is 1. The number of anilines is 1. The molecule has 0 fully saturated rings. The molecular formula is C9H8NOS. The summed E-state index contributed by atoms with van der Waals surface area (Å²) in [7, 11) is 0. The van der Waals surface area contributed by atoms with Gasteiger partial charge in [-0.15, -0.1) is 11.8 Å². The van der Waals surface area contributed by atoms with Gasteiger partial charge in [0.05, 0.1) is 11.4 Å². The Kier molecular flexibility index (Phi) is 1.81. The largest absolute Gasteiger partial charge is 0.324 e. The number of carbonyl (C=O) groups is 1. The topological polar surface area (TPSA) is 29.1 Å². The first-order chi connectivity index (χ1) is 5.75. The van der Waals surface area contributed by atoms with Gasteiger partial charge in [-0.05, 0) is 24.6 Å². The van der Waals surface area contributed by atoms with E-state index in [0.29, 0.717) is 5.75 Å². The van der Waals surface area contributed by atoms with Crippen LogP contribution >= 0.6 is 11.8 Å². The van der Waals surface area contributed by atoms with Gasteiger partial charge in [-0.1, -0.05) is 6.07 Å². The summed E-state index contributed by atoms with van der Waals surface area (Å²) in [6.07, 6.45) is 0. The molecule has 1 aliphatic rings. The van der Waals surface area contributed by atoms with Crippen molar-refractivity contribution in [2.45, 2.75) is 11.8 Å². The maximum absolute atomic E-state index is 11.0. The van der Waals surface area contributed by atoms with E-state index in [1.54, 1.807) is 0 Å². The molecule has 0 unspecified atom stereocenters. The summed E-state index contributed by atoms with van der Waals surface area (Å²) in [5.41, 5.74) is 2.02. The minimum absolute atomic E-state index is 0.0755. The van der Waals surface area contributed by atoms with Crippen molar-refractivity contribution in [1.82, 2.24) is 0 Å². The monoisotopic (exact) mass is 178 g/mol. The smallest absolute Gasteiger partial charge is 0.234 e. The maximum atomic E-state index is 11.0. The van der Waals surface area contributed by atoms with Crippen molar-refractivity contribution in [2.24, 2.45) is 0 Å². The SMILES string of the molecule is Cc1c[c]c2c(c1)NC(=O)CS2. The molecule has 2 nitrogen and oxygen atoms in total. The highest BCUT2D eigenvalue weighted by atomic mass is 32.2. The Bertz CT molecular complexity index is 335. The fraction of sp³-hybridized carbons (Fsp3) is 0.222. The first-order valence-corrected chi connectivity index (χ1v) is 4.69. The van der Waals surface area contributed by atoms with Crippen molar-refractivity contribution in [2.75, 3.05) is 11.1 Å². The number of hydrogen-bond donors (Lipinski definition) is 1. The highest BCUT2D eigenvalue weighted by Gasteiger charge is 2.14. The second-order valence-electron chi connectivity index (χ2n) is 2.76. The van der Waals surface area contributed by atoms with Gasteiger partial charge in [0.15, 0.2) is 0 Å². The second-order valence-corrected chi connectivity index (χ2v) is 3.74. The molecule has 1 amide bonds. The summed E-state index contributed by atoms with van der Waals surface area (Å²) >= 11 is 1.54. The van der Waals surface area contributed by atoms with Gasteiger partial charge in [0.2, 0.25) is 5.91 Å². The van der Waals surface area contributed by atoms with E-state index in [4.69, 9.17) is 0 Å². The molecule has 1 aromatic carbocycles. The van der Waals surface area contributed by atoms with Gasteiger partial charge in [0.1, 0.15) is 0 Å². The van der Waals surface area contributed by atoms with Gasteiger partial charge in [0.25, 0.3) is 0 Å². The summed E-state index contributed by atoms with van der Waals surface area (Å²) in [6.45, 7) is 1.99. The van der Waals surface area contributed by atoms with Crippen LogP contribution in [0.25, 0.3) is 0 Å². The lowest BCUT2D eigenvalue weighted by molar-refractivity contribution is -0.113. The van der Waals surface area contributed by atoms with Crippen molar-refractivity contribution >= 4 is 23.4 Å². The van der Waals surface area contributed by atoms with E-state index in [2.05, 4.69) is 11.4 Å². The van der Waals surface area contributed by atoms with Crippen molar-refractivity contribution in [3.8, 4) is 0 Å². The van der Waals surface area contributed by atoms with Crippen LogP contribution in [0.4, 0.5) is 5.69 Å². The molecule has 61 valence electrons. The Morgan fingerprint density at radius 2 is 2.50 bits per heavy atom. The van der Waals surface area contributed by atoms with E-state index >= 15 is 0 Å². The zero-order valence-electron chi connectivity index (χ0n) is 6.68. The Labute approximate surface area is 75.4 Å². The quantitative estimate of drug-likeness (QED) is 0.656. The molecule has 1 radical (unpaired) electrons. The molecule has 1 aromatic rings. The van der Waals surface area contributed by atoms with E-state index in [9.17, 15) is 4.79 Å². The van der Waals surface area contributed by atoms with E-state index in [1.807, 2.05) is 19.1 Å². The lowest BCUT2D eigenvalue weighted by atomic mass is 10.2. The summed E-state index contributed by atoms with van der Waals surface area (Å²) in [5.74, 6) is 0.582. The number of amides is 1. The minimum atomic E-state index is 0.0755. The number of hydrogen-bond acceptors (Lipinski definition) is 2. The third-order valence-electron chi connectivity index (χ3n) is 1.67. The fourth-order valence-corrected chi connectivity index (χ4v) is 1.88. The molecule has 0 saturated carbocycles. The Balaban J connectivity index is 2.44. The molecular weight excluding hydrogens is 170 g/mol. The molecule has 0 bridgehead atoms. The van der Waals surface area contributed by atoms with E-state index in [-0.39, 0.29) is 5.91 Å². The summed E-state index contributed by atoms with van der Waals surface area (Å²) in [6, 6.07) is 7.03. The second kappa shape index (κ2) is 2.83. The average Bonchev–Trinajstić information content (AvgIpc) is 2.03. The molecule has 1 N–H and O–H groups in total. The number of aryl methyl sites for hydroxylation is 1.